The predicted octanol–water partition coefficient (Wildman–Crippen LogP) is 3.21. The largest absolute Gasteiger partial charge is 0.392 e. The van der Waals surface area contributed by atoms with E-state index in [0.29, 0.717) is 35.7 Å². The zero-order valence-electron chi connectivity index (χ0n) is 17.5. The Morgan fingerprint density at radius 2 is 2.06 bits per heavy atom. The van der Waals surface area contributed by atoms with Crippen LogP contribution in [0.5, 0.6) is 0 Å². The summed E-state index contributed by atoms with van der Waals surface area (Å²) in [5, 5.41) is 11.3. The molecular formula is C23H26ClFN4O2. The Morgan fingerprint density at radius 1 is 1.23 bits per heavy atom. The molecule has 0 bridgehead atoms. The summed E-state index contributed by atoms with van der Waals surface area (Å²) in [6.45, 7) is 4.32. The number of aliphatic hydroxyl groups excluding tert-OH is 1. The second-order valence-corrected chi connectivity index (χ2v) is 8.65. The monoisotopic (exact) mass is 444 g/mol. The van der Waals surface area contributed by atoms with E-state index < -0.39 is 11.9 Å². The van der Waals surface area contributed by atoms with Gasteiger partial charge < -0.3 is 9.67 Å². The number of piperidine rings is 1. The van der Waals surface area contributed by atoms with Crippen LogP contribution in [0.1, 0.15) is 24.1 Å². The van der Waals surface area contributed by atoms with Crippen molar-refractivity contribution in [3.63, 3.8) is 0 Å². The van der Waals surface area contributed by atoms with Gasteiger partial charge in [-0.3, -0.25) is 19.7 Å². The van der Waals surface area contributed by atoms with Crippen LogP contribution in [0.2, 0.25) is 5.02 Å². The summed E-state index contributed by atoms with van der Waals surface area (Å²) in [4.78, 5) is 22.8. The molecule has 1 fully saturated rings. The van der Waals surface area contributed by atoms with E-state index in [1.54, 1.807) is 10.6 Å². The lowest BCUT2D eigenvalue weighted by atomic mass is 9.88. The quantitative estimate of drug-likeness (QED) is 0.632. The Balaban J connectivity index is 1.34. The van der Waals surface area contributed by atoms with Crippen molar-refractivity contribution < 1.29 is 9.50 Å². The lowest BCUT2D eigenvalue weighted by Crippen LogP contribution is -2.45. The van der Waals surface area contributed by atoms with Gasteiger partial charge in [0.1, 0.15) is 5.82 Å². The molecule has 164 valence electrons. The summed E-state index contributed by atoms with van der Waals surface area (Å²) in [5.74, 6) is -0.247. The van der Waals surface area contributed by atoms with E-state index in [2.05, 4.69) is 14.9 Å². The van der Waals surface area contributed by atoms with Gasteiger partial charge >= 0.3 is 0 Å². The smallest absolute Gasteiger partial charge is 0.251 e. The third kappa shape index (κ3) is 5.11. The molecule has 0 spiro atoms. The number of pyridine rings is 3. The van der Waals surface area contributed by atoms with E-state index in [9.17, 15) is 14.3 Å². The van der Waals surface area contributed by atoms with Gasteiger partial charge in [0, 0.05) is 38.0 Å². The van der Waals surface area contributed by atoms with E-state index in [1.165, 1.54) is 12.1 Å². The van der Waals surface area contributed by atoms with Crippen molar-refractivity contribution >= 4 is 22.6 Å². The summed E-state index contributed by atoms with van der Waals surface area (Å²) in [7, 11) is 0. The lowest BCUT2D eigenvalue weighted by molar-refractivity contribution is 0.0174. The minimum Gasteiger partial charge on any atom is -0.392 e. The molecular weight excluding hydrogens is 419 g/mol. The second-order valence-electron chi connectivity index (χ2n) is 8.25. The first kappa shape index (κ1) is 21.9. The van der Waals surface area contributed by atoms with E-state index in [0.717, 1.165) is 43.3 Å². The topological polar surface area (TPSA) is 71.2 Å². The third-order valence-corrected chi connectivity index (χ3v) is 6.52. The number of halogens is 2. The maximum absolute atomic E-state index is 13.6. The first-order valence-corrected chi connectivity index (χ1v) is 10.9. The molecule has 4 rings (SSSR count). The second kappa shape index (κ2) is 9.42. The minimum atomic E-state index is -0.465. The van der Waals surface area contributed by atoms with Crippen molar-refractivity contribution in [2.75, 3.05) is 19.6 Å². The maximum Gasteiger partial charge on any atom is 0.251 e. The Hall–Kier alpha value is -2.35. The minimum absolute atomic E-state index is 0.180. The SMILES string of the molecule is Cc1ncc(CC[C@H]2CCN(CCn3c(=O)ccc4ncc(F)cc43)C[C@H]2O)cc1Cl. The number of hydrogen-bond acceptors (Lipinski definition) is 5. The standard InChI is InChI=1S/C23H26ClFN4O2/c1-15-19(24)10-16(12-26-15)2-3-17-6-7-28(14-22(17)30)8-9-29-21-11-18(25)13-27-20(21)4-5-23(29)31/h4-5,10-13,17,22,30H,2-3,6-9,14H2,1H3/t17-,22+/m0/s1. The number of fused-ring (bicyclic) bond motifs is 1. The number of β-amino-alcohol motifs (C(OH)–C–C–N with tert-alkyl or cyclic N) is 1. The third-order valence-electron chi connectivity index (χ3n) is 6.14. The van der Waals surface area contributed by atoms with Gasteiger partial charge in [-0.1, -0.05) is 11.6 Å². The van der Waals surface area contributed by atoms with Gasteiger partial charge in [-0.25, -0.2) is 4.39 Å². The number of aliphatic hydroxyl groups is 1. The number of aryl methyl sites for hydroxylation is 2. The number of rotatable bonds is 6. The van der Waals surface area contributed by atoms with Crippen LogP contribution in [0, 0.1) is 18.7 Å². The Bertz CT molecular complexity index is 1140. The van der Waals surface area contributed by atoms with E-state index in [-0.39, 0.29) is 11.5 Å². The summed E-state index contributed by atoms with van der Waals surface area (Å²) in [5.41, 5.74) is 2.81. The fourth-order valence-corrected chi connectivity index (χ4v) is 4.42. The molecule has 1 aliphatic rings. The van der Waals surface area contributed by atoms with Gasteiger partial charge in [0.15, 0.2) is 0 Å². The summed E-state index contributed by atoms with van der Waals surface area (Å²) < 4.78 is 15.2. The fraction of sp³-hybridized carbons (Fsp3) is 0.435. The Kier molecular flexibility index (Phi) is 6.65. The molecule has 1 saturated heterocycles. The van der Waals surface area contributed by atoms with E-state index in [4.69, 9.17) is 11.6 Å². The molecule has 31 heavy (non-hydrogen) atoms. The van der Waals surface area contributed by atoms with Crippen LogP contribution in [-0.4, -0.2) is 50.3 Å². The summed E-state index contributed by atoms with van der Waals surface area (Å²) in [6, 6.07) is 6.36. The molecule has 0 saturated carbocycles. The van der Waals surface area contributed by atoms with Gasteiger partial charge in [-0.15, -0.1) is 0 Å². The van der Waals surface area contributed by atoms with Gasteiger partial charge in [-0.2, -0.15) is 0 Å². The van der Waals surface area contributed by atoms with Gasteiger partial charge in [0.05, 0.1) is 34.1 Å². The van der Waals surface area contributed by atoms with E-state index in [1.807, 2.05) is 19.2 Å². The van der Waals surface area contributed by atoms with Crippen molar-refractivity contribution in [3.8, 4) is 0 Å². The highest BCUT2D eigenvalue weighted by Crippen LogP contribution is 2.24. The number of aromatic nitrogens is 3. The van der Waals surface area contributed by atoms with Crippen LogP contribution >= 0.6 is 11.6 Å². The zero-order chi connectivity index (χ0) is 22.0. The molecule has 8 heteroatoms. The first-order chi connectivity index (χ1) is 14.9. The molecule has 0 aliphatic carbocycles. The van der Waals surface area contributed by atoms with Crippen molar-refractivity contribution in [3.05, 3.63) is 69.1 Å². The molecule has 1 N–H and O–H groups in total. The van der Waals surface area contributed by atoms with Crippen LogP contribution in [0.4, 0.5) is 4.39 Å². The molecule has 3 aromatic heterocycles. The Labute approximate surface area is 185 Å². The molecule has 4 heterocycles. The molecule has 1 aliphatic heterocycles. The highest BCUT2D eigenvalue weighted by atomic mass is 35.5. The molecule has 0 radical (unpaired) electrons. The van der Waals surface area contributed by atoms with Crippen LogP contribution in [0.25, 0.3) is 11.0 Å². The van der Waals surface area contributed by atoms with Gasteiger partial charge in [-0.05, 0) is 56.3 Å². The average Bonchev–Trinajstić information content (AvgIpc) is 2.74. The maximum atomic E-state index is 13.6. The summed E-state index contributed by atoms with van der Waals surface area (Å²) >= 11 is 6.16. The fourth-order valence-electron chi connectivity index (χ4n) is 4.23. The van der Waals surface area contributed by atoms with Crippen LogP contribution in [-0.2, 0) is 13.0 Å². The summed E-state index contributed by atoms with van der Waals surface area (Å²) in [6.07, 6.45) is 5.17. The van der Waals surface area contributed by atoms with E-state index >= 15 is 0 Å². The first-order valence-electron chi connectivity index (χ1n) is 10.6. The molecule has 0 aromatic carbocycles. The number of likely N-dealkylation sites (tertiary alicyclic amines) is 1. The van der Waals surface area contributed by atoms with Crippen molar-refractivity contribution in [1.82, 2.24) is 19.4 Å². The highest BCUT2D eigenvalue weighted by molar-refractivity contribution is 6.31. The van der Waals surface area contributed by atoms with Crippen molar-refractivity contribution in [2.45, 2.75) is 38.8 Å². The zero-order valence-corrected chi connectivity index (χ0v) is 18.2. The van der Waals surface area contributed by atoms with Crippen molar-refractivity contribution in [1.29, 1.82) is 0 Å². The average molecular weight is 445 g/mol. The highest BCUT2D eigenvalue weighted by Gasteiger charge is 2.27. The number of nitrogens with zero attached hydrogens (tertiary/aromatic N) is 4. The van der Waals surface area contributed by atoms with Crippen LogP contribution in [0.15, 0.2) is 41.5 Å². The molecule has 0 unspecified atom stereocenters. The lowest BCUT2D eigenvalue weighted by Gasteiger charge is -2.36. The van der Waals surface area contributed by atoms with Crippen LogP contribution < -0.4 is 5.56 Å². The van der Waals surface area contributed by atoms with Gasteiger partial charge in [0.2, 0.25) is 0 Å². The molecule has 2 atom stereocenters. The number of hydrogen-bond donors (Lipinski definition) is 1. The molecule has 3 aromatic rings. The van der Waals surface area contributed by atoms with Crippen LogP contribution in [0.3, 0.4) is 0 Å². The normalized spacial score (nSPS) is 19.7. The molecule has 6 nitrogen and oxygen atoms in total. The molecule has 0 amide bonds. The van der Waals surface area contributed by atoms with Crippen molar-refractivity contribution in [2.24, 2.45) is 5.92 Å². The van der Waals surface area contributed by atoms with Gasteiger partial charge in [0.25, 0.3) is 5.56 Å². The predicted molar refractivity (Wildman–Crippen MR) is 119 cm³/mol. The Morgan fingerprint density at radius 3 is 2.84 bits per heavy atom.